The van der Waals surface area contributed by atoms with Crippen molar-refractivity contribution in [1.82, 2.24) is 5.32 Å². The summed E-state index contributed by atoms with van der Waals surface area (Å²) >= 11 is 0. The summed E-state index contributed by atoms with van der Waals surface area (Å²) < 4.78 is 0. The minimum atomic E-state index is -0.178. The normalized spacial score (nSPS) is 14.5. The standard InChI is InChI=1S/C21H43NO/c1-7-11-15-18(5)19(14-10-4)22-20(23)21(6,16-12-8-2)17-13-9-3/h18-19H,7-17H2,1-6H3,(H,22,23). The van der Waals surface area contributed by atoms with Crippen LogP contribution in [0.15, 0.2) is 0 Å². The largest absolute Gasteiger partial charge is 0.353 e. The molecule has 0 aliphatic carbocycles. The zero-order valence-corrected chi connectivity index (χ0v) is 16.8. The average Bonchev–Trinajstić information content (AvgIpc) is 2.55. The van der Waals surface area contributed by atoms with Crippen molar-refractivity contribution in [3.63, 3.8) is 0 Å². The Balaban J connectivity index is 4.85. The molecule has 0 spiro atoms. The van der Waals surface area contributed by atoms with Crippen LogP contribution in [-0.4, -0.2) is 11.9 Å². The Morgan fingerprint density at radius 3 is 1.83 bits per heavy atom. The molecule has 0 fully saturated rings. The van der Waals surface area contributed by atoms with Crippen LogP contribution in [0.5, 0.6) is 0 Å². The summed E-state index contributed by atoms with van der Waals surface area (Å²) in [5.74, 6) is 0.890. The Morgan fingerprint density at radius 2 is 1.39 bits per heavy atom. The van der Waals surface area contributed by atoms with Crippen LogP contribution in [0.3, 0.4) is 0 Å². The minimum Gasteiger partial charge on any atom is -0.353 e. The number of hydrogen-bond acceptors (Lipinski definition) is 1. The topological polar surface area (TPSA) is 29.1 Å². The second kappa shape index (κ2) is 12.8. The molecule has 2 nitrogen and oxygen atoms in total. The molecule has 2 atom stereocenters. The number of rotatable bonds is 14. The van der Waals surface area contributed by atoms with Gasteiger partial charge in [0.2, 0.25) is 5.91 Å². The lowest BCUT2D eigenvalue weighted by Gasteiger charge is -2.33. The highest BCUT2D eigenvalue weighted by molar-refractivity contribution is 5.82. The molecule has 2 heteroatoms. The van der Waals surface area contributed by atoms with Crippen molar-refractivity contribution in [2.45, 2.75) is 118 Å². The number of hydrogen-bond donors (Lipinski definition) is 1. The first-order valence-corrected chi connectivity index (χ1v) is 10.3. The maximum absolute atomic E-state index is 13.0. The van der Waals surface area contributed by atoms with Gasteiger partial charge in [-0.25, -0.2) is 0 Å². The van der Waals surface area contributed by atoms with Crippen molar-refractivity contribution >= 4 is 5.91 Å². The predicted molar refractivity (Wildman–Crippen MR) is 103 cm³/mol. The first-order valence-electron chi connectivity index (χ1n) is 10.3. The van der Waals surface area contributed by atoms with Crippen molar-refractivity contribution in [3.05, 3.63) is 0 Å². The monoisotopic (exact) mass is 325 g/mol. The van der Waals surface area contributed by atoms with Crippen LogP contribution in [-0.2, 0) is 4.79 Å². The first-order chi connectivity index (χ1) is 10.9. The summed E-state index contributed by atoms with van der Waals surface area (Å²) in [6.07, 6.45) is 12.7. The van der Waals surface area contributed by atoms with Gasteiger partial charge in [0.15, 0.2) is 0 Å². The third-order valence-corrected chi connectivity index (χ3v) is 5.33. The van der Waals surface area contributed by atoms with Gasteiger partial charge in [0, 0.05) is 11.5 Å². The van der Waals surface area contributed by atoms with E-state index in [1.807, 2.05) is 0 Å². The minimum absolute atomic E-state index is 0.178. The highest BCUT2D eigenvalue weighted by Gasteiger charge is 2.33. The molecule has 0 aliphatic heterocycles. The van der Waals surface area contributed by atoms with E-state index < -0.39 is 0 Å². The zero-order chi connectivity index (χ0) is 17.7. The van der Waals surface area contributed by atoms with Gasteiger partial charge in [-0.15, -0.1) is 0 Å². The lowest BCUT2D eigenvalue weighted by molar-refractivity contribution is -0.132. The Hall–Kier alpha value is -0.530. The summed E-state index contributed by atoms with van der Waals surface area (Å²) in [6, 6.07) is 0.349. The second-order valence-corrected chi connectivity index (χ2v) is 7.76. The molecule has 1 N–H and O–H groups in total. The van der Waals surface area contributed by atoms with Crippen LogP contribution < -0.4 is 5.32 Å². The van der Waals surface area contributed by atoms with E-state index in [-0.39, 0.29) is 5.41 Å². The molecule has 0 rings (SSSR count). The lowest BCUT2D eigenvalue weighted by Crippen LogP contribution is -2.46. The van der Waals surface area contributed by atoms with Gasteiger partial charge in [-0.05, 0) is 31.6 Å². The van der Waals surface area contributed by atoms with Crippen molar-refractivity contribution in [3.8, 4) is 0 Å². The number of nitrogens with one attached hydrogen (secondary N) is 1. The Bertz CT molecular complexity index is 292. The molecule has 0 aliphatic rings. The van der Waals surface area contributed by atoms with Gasteiger partial charge in [0.25, 0.3) is 0 Å². The molecule has 138 valence electrons. The molecule has 0 aromatic heterocycles. The number of carbonyl (C=O) groups is 1. The van der Waals surface area contributed by atoms with E-state index in [2.05, 4.69) is 46.9 Å². The second-order valence-electron chi connectivity index (χ2n) is 7.76. The maximum Gasteiger partial charge on any atom is 0.226 e. The van der Waals surface area contributed by atoms with Crippen LogP contribution in [0, 0.1) is 11.3 Å². The third-order valence-electron chi connectivity index (χ3n) is 5.33. The Labute approximate surface area is 146 Å². The number of carbonyl (C=O) groups excluding carboxylic acids is 1. The molecular weight excluding hydrogens is 282 g/mol. The van der Waals surface area contributed by atoms with Gasteiger partial charge in [-0.3, -0.25) is 4.79 Å². The number of amides is 1. The van der Waals surface area contributed by atoms with E-state index >= 15 is 0 Å². The van der Waals surface area contributed by atoms with Gasteiger partial charge in [-0.2, -0.15) is 0 Å². The summed E-state index contributed by atoms with van der Waals surface area (Å²) in [6.45, 7) is 13.4. The predicted octanol–water partition coefficient (Wildman–Crippen LogP) is 6.48. The summed E-state index contributed by atoms with van der Waals surface area (Å²) in [7, 11) is 0. The van der Waals surface area contributed by atoms with Crippen LogP contribution in [0.4, 0.5) is 0 Å². The summed E-state index contributed by atoms with van der Waals surface area (Å²) in [4.78, 5) is 13.0. The highest BCUT2D eigenvalue weighted by atomic mass is 16.2. The summed E-state index contributed by atoms with van der Waals surface area (Å²) in [5.41, 5.74) is -0.178. The molecule has 0 bridgehead atoms. The van der Waals surface area contributed by atoms with Gasteiger partial charge < -0.3 is 5.32 Å². The Morgan fingerprint density at radius 1 is 0.870 bits per heavy atom. The van der Waals surface area contributed by atoms with Crippen molar-refractivity contribution in [1.29, 1.82) is 0 Å². The fourth-order valence-electron chi connectivity index (χ4n) is 3.37. The van der Waals surface area contributed by atoms with E-state index in [1.165, 1.54) is 32.1 Å². The molecule has 2 unspecified atom stereocenters. The van der Waals surface area contributed by atoms with Crippen molar-refractivity contribution in [2.75, 3.05) is 0 Å². The Kier molecular flexibility index (Phi) is 12.5. The van der Waals surface area contributed by atoms with E-state index in [4.69, 9.17) is 0 Å². The maximum atomic E-state index is 13.0. The average molecular weight is 326 g/mol. The summed E-state index contributed by atoms with van der Waals surface area (Å²) in [5, 5.41) is 3.45. The fraction of sp³-hybridized carbons (Fsp3) is 0.952. The van der Waals surface area contributed by atoms with Gasteiger partial charge in [0.1, 0.15) is 0 Å². The number of unbranched alkanes of at least 4 members (excludes halogenated alkanes) is 3. The van der Waals surface area contributed by atoms with E-state index in [0.717, 1.165) is 38.5 Å². The van der Waals surface area contributed by atoms with Crippen LogP contribution in [0.2, 0.25) is 0 Å². The van der Waals surface area contributed by atoms with Gasteiger partial charge in [-0.1, -0.05) is 86.5 Å². The van der Waals surface area contributed by atoms with E-state index in [9.17, 15) is 4.79 Å². The fourth-order valence-corrected chi connectivity index (χ4v) is 3.37. The van der Waals surface area contributed by atoms with Crippen LogP contribution in [0.25, 0.3) is 0 Å². The van der Waals surface area contributed by atoms with Gasteiger partial charge in [0.05, 0.1) is 0 Å². The SMILES string of the molecule is CCCCC(C)C(CCC)NC(=O)C(C)(CCCC)CCCC. The highest BCUT2D eigenvalue weighted by Crippen LogP contribution is 2.31. The smallest absolute Gasteiger partial charge is 0.226 e. The van der Waals surface area contributed by atoms with Crippen LogP contribution >= 0.6 is 0 Å². The lowest BCUT2D eigenvalue weighted by atomic mass is 9.78. The third kappa shape index (κ3) is 8.77. The van der Waals surface area contributed by atoms with E-state index in [0.29, 0.717) is 17.9 Å². The molecule has 0 aromatic carbocycles. The molecular formula is C21H43NO. The first kappa shape index (κ1) is 22.5. The molecule has 0 saturated carbocycles. The van der Waals surface area contributed by atoms with Crippen LogP contribution in [0.1, 0.15) is 112 Å². The van der Waals surface area contributed by atoms with Gasteiger partial charge >= 0.3 is 0 Å². The van der Waals surface area contributed by atoms with Crippen molar-refractivity contribution < 1.29 is 4.79 Å². The molecule has 0 aromatic rings. The van der Waals surface area contributed by atoms with Crippen molar-refractivity contribution in [2.24, 2.45) is 11.3 Å². The molecule has 1 amide bonds. The van der Waals surface area contributed by atoms with E-state index in [1.54, 1.807) is 0 Å². The molecule has 0 radical (unpaired) electrons. The molecule has 23 heavy (non-hydrogen) atoms. The molecule has 0 saturated heterocycles. The quantitative estimate of drug-likeness (QED) is 0.389. The molecule has 0 heterocycles. The zero-order valence-electron chi connectivity index (χ0n) is 16.8.